The molecule has 2 aliphatic heterocycles. The maximum atomic E-state index is 12.6. The number of nitrogens with one attached hydrogen (secondary N) is 2. The van der Waals surface area contributed by atoms with Gasteiger partial charge in [-0.05, 0) is 30.5 Å². The molecular weight excluding hydrogens is 408 g/mol. The maximum absolute atomic E-state index is 12.6. The summed E-state index contributed by atoms with van der Waals surface area (Å²) in [4.78, 5) is 25.1. The lowest BCUT2D eigenvalue weighted by Crippen LogP contribution is -2.44. The van der Waals surface area contributed by atoms with Crippen LogP contribution in [0.1, 0.15) is 15.9 Å². The lowest BCUT2D eigenvalue weighted by Gasteiger charge is -2.18. The highest BCUT2D eigenvalue weighted by molar-refractivity contribution is 6.00. The fourth-order valence-corrected chi connectivity index (χ4v) is 4.26. The number of fused-ring (bicyclic) bond motifs is 2. The Bertz CT molecular complexity index is 1140. The summed E-state index contributed by atoms with van der Waals surface area (Å²) in [6.45, 7) is 2.49. The summed E-state index contributed by atoms with van der Waals surface area (Å²) in [5.74, 6) is -0.180. The molecule has 2 saturated heterocycles. The summed E-state index contributed by atoms with van der Waals surface area (Å²) in [6, 6.07) is 20.6. The molecular formula is C25H24N2O5. The van der Waals surface area contributed by atoms with Gasteiger partial charge in [0.15, 0.2) is 6.10 Å². The van der Waals surface area contributed by atoms with Gasteiger partial charge in [-0.1, -0.05) is 54.1 Å². The van der Waals surface area contributed by atoms with Crippen LogP contribution in [-0.4, -0.2) is 49.6 Å². The van der Waals surface area contributed by atoms with Crippen LogP contribution in [-0.2, 0) is 14.2 Å². The molecule has 2 heterocycles. The van der Waals surface area contributed by atoms with Gasteiger partial charge in [0.1, 0.15) is 12.2 Å². The van der Waals surface area contributed by atoms with Crippen molar-refractivity contribution in [3.05, 3.63) is 77.9 Å². The van der Waals surface area contributed by atoms with E-state index in [9.17, 15) is 9.59 Å². The van der Waals surface area contributed by atoms with Gasteiger partial charge in [0, 0.05) is 10.9 Å². The minimum absolute atomic E-state index is 0.180. The monoisotopic (exact) mass is 432 g/mol. The van der Waals surface area contributed by atoms with E-state index in [0.717, 1.165) is 16.3 Å². The van der Waals surface area contributed by atoms with Crippen LogP contribution in [0.15, 0.2) is 66.7 Å². The molecule has 2 amide bonds. The van der Waals surface area contributed by atoms with Gasteiger partial charge in [0.05, 0.1) is 24.9 Å². The molecule has 3 aromatic carbocycles. The molecule has 4 atom stereocenters. The van der Waals surface area contributed by atoms with Crippen LogP contribution in [0.2, 0.25) is 0 Å². The van der Waals surface area contributed by atoms with Gasteiger partial charge >= 0.3 is 6.09 Å². The van der Waals surface area contributed by atoms with Crippen molar-refractivity contribution in [2.75, 3.05) is 18.5 Å². The molecule has 0 radical (unpaired) electrons. The molecule has 0 aliphatic carbocycles. The number of hydrogen-bond acceptors (Lipinski definition) is 5. The predicted octanol–water partition coefficient (Wildman–Crippen LogP) is 3.66. The van der Waals surface area contributed by atoms with E-state index < -0.39 is 18.3 Å². The van der Waals surface area contributed by atoms with Gasteiger partial charge in [-0.25, -0.2) is 4.79 Å². The number of rotatable bonds is 4. The number of carbonyl (C=O) groups is 2. The van der Waals surface area contributed by atoms with Gasteiger partial charge in [0.25, 0.3) is 5.91 Å². The molecule has 0 bridgehead atoms. The summed E-state index contributed by atoms with van der Waals surface area (Å²) in [7, 11) is 0. The first kappa shape index (κ1) is 20.5. The van der Waals surface area contributed by atoms with E-state index in [4.69, 9.17) is 14.2 Å². The van der Waals surface area contributed by atoms with Gasteiger partial charge < -0.3 is 19.5 Å². The average molecular weight is 432 g/mol. The summed E-state index contributed by atoms with van der Waals surface area (Å²) < 4.78 is 17.3. The second-order valence-corrected chi connectivity index (χ2v) is 8.14. The number of hydrogen-bond donors (Lipinski definition) is 2. The molecule has 7 nitrogen and oxygen atoms in total. The number of amides is 2. The number of anilines is 1. The van der Waals surface area contributed by atoms with Crippen LogP contribution >= 0.6 is 0 Å². The standard InChI is InChI=1S/C25H24N2O5/c1-15-9-11-17(12-10-15)24(28)26-20-13-30-23-21(14-31-22(20)23)32-25(29)27-19-8-4-6-16-5-2-3-7-18(16)19/h2-12,20-23H,13-14H2,1H3,(H,26,28)(H,27,29)/t20-,21-,22-,23+/m1/s1. The molecule has 2 N–H and O–H groups in total. The third-order valence-corrected chi connectivity index (χ3v) is 5.92. The van der Waals surface area contributed by atoms with Gasteiger partial charge in [-0.2, -0.15) is 0 Å². The van der Waals surface area contributed by atoms with E-state index in [0.29, 0.717) is 17.9 Å². The largest absolute Gasteiger partial charge is 0.441 e. The molecule has 0 saturated carbocycles. The molecule has 7 heteroatoms. The molecule has 3 aromatic rings. The Hall–Kier alpha value is -3.42. The van der Waals surface area contributed by atoms with E-state index in [1.165, 1.54) is 0 Å². The first-order valence-corrected chi connectivity index (χ1v) is 10.6. The second kappa shape index (κ2) is 8.61. The van der Waals surface area contributed by atoms with Crippen LogP contribution in [0.4, 0.5) is 10.5 Å². The van der Waals surface area contributed by atoms with E-state index >= 15 is 0 Å². The number of carbonyl (C=O) groups excluding carboxylic acids is 2. The highest BCUT2D eigenvalue weighted by Crippen LogP contribution is 2.30. The Balaban J connectivity index is 1.19. The third kappa shape index (κ3) is 4.04. The van der Waals surface area contributed by atoms with Crippen molar-refractivity contribution in [2.45, 2.75) is 31.3 Å². The highest BCUT2D eigenvalue weighted by atomic mass is 16.6. The van der Waals surface area contributed by atoms with Crippen LogP contribution in [0.3, 0.4) is 0 Å². The normalized spacial score (nSPS) is 24.2. The molecule has 2 aliphatic rings. The van der Waals surface area contributed by atoms with Crippen LogP contribution in [0.25, 0.3) is 10.8 Å². The Kier molecular flexibility index (Phi) is 5.51. The first-order chi connectivity index (χ1) is 15.6. The third-order valence-electron chi connectivity index (χ3n) is 5.92. The SMILES string of the molecule is Cc1ccc(C(=O)N[C@@H]2CO[C@@H]3[C@@H]2OC[C@H]3OC(=O)Nc2cccc3ccccc23)cc1. The number of ether oxygens (including phenoxy) is 3. The summed E-state index contributed by atoms with van der Waals surface area (Å²) >= 11 is 0. The zero-order valence-corrected chi connectivity index (χ0v) is 17.6. The number of aryl methyl sites for hydroxylation is 1. The molecule has 0 unspecified atom stereocenters. The fraction of sp³-hybridized carbons (Fsp3) is 0.280. The van der Waals surface area contributed by atoms with Crippen molar-refractivity contribution in [2.24, 2.45) is 0 Å². The van der Waals surface area contributed by atoms with Crippen molar-refractivity contribution in [3.63, 3.8) is 0 Å². The summed E-state index contributed by atoms with van der Waals surface area (Å²) in [5, 5.41) is 7.76. The smallest absolute Gasteiger partial charge is 0.412 e. The van der Waals surface area contributed by atoms with Crippen LogP contribution in [0.5, 0.6) is 0 Å². The topological polar surface area (TPSA) is 85.9 Å². The van der Waals surface area contributed by atoms with Crippen molar-refractivity contribution in [1.82, 2.24) is 5.32 Å². The molecule has 0 spiro atoms. The minimum Gasteiger partial charge on any atom is -0.441 e. The van der Waals surface area contributed by atoms with E-state index in [2.05, 4.69) is 10.6 Å². The highest BCUT2D eigenvalue weighted by Gasteiger charge is 2.50. The summed E-state index contributed by atoms with van der Waals surface area (Å²) in [6.07, 6.45) is -1.89. The van der Waals surface area contributed by atoms with Crippen LogP contribution < -0.4 is 10.6 Å². The summed E-state index contributed by atoms with van der Waals surface area (Å²) in [5.41, 5.74) is 2.35. The zero-order valence-electron chi connectivity index (χ0n) is 17.6. The van der Waals surface area contributed by atoms with Crippen molar-refractivity contribution in [3.8, 4) is 0 Å². The van der Waals surface area contributed by atoms with Crippen molar-refractivity contribution in [1.29, 1.82) is 0 Å². The molecule has 5 rings (SSSR count). The maximum Gasteiger partial charge on any atom is 0.412 e. The van der Waals surface area contributed by atoms with Gasteiger partial charge in [-0.3, -0.25) is 10.1 Å². The first-order valence-electron chi connectivity index (χ1n) is 10.6. The Morgan fingerprint density at radius 3 is 2.50 bits per heavy atom. The number of benzene rings is 3. The lowest BCUT2D eigenvalue weighted by molar-refractivity contribution is 0.00862. The Morgan fingerprint density at radius 1 is 0.906 bits per heavy atom. The quantitative estimate of drug-likeness (QED) is 0.657. The Morgan fingerprint density at radius 2 is 1.66 bits per heavy atom. The average Bonchev–Trinajstić information content (AvgIpc) is 3.38. The predicted molar refractivity (Wildman–Crippen MR) is 120 cm³/mol. The van der Waals surface area contributed by atoms with E-state index in [1.807, 2.05) is 61.5 Å². The lowest BCUT2D eigenvalue weighted by atomic mass is 10.1. The Labute approximate surface area is 185 Å². The molecule has 32 heavy (non-hydrogen) atoms. The van der Waals surface area contributed by atoms with Crippen molar-refractivity contribution < 1.29 is 23.8 Å². The van der Waals surface area contributed by atoms with E-state index in [-0.39, 0.29) is 24.7 Å². The molecule has 0 aromatic heterocycles. The van der Waals surface area contributed by atoms with Gasteiger partial charge in [-0.15, -0.1) is 0 Å². The van der Waals surface area contributed by atoms with Crippen LogP contribution in [0, 0.1) is 6.92 Å². The second-order valence-electron chi connectivity index (χ2n) is 8.14. The molecule has 2 fully saturated rings. The van der Waals surface area contributed by atoms with Gasteiger partial charge in [0.2, 0.25) is 0 Å². The fourth-order valence-electron chi connectivity index (χ4n) is 4.26. The van der Waals surface area contributed by atoms with Crippen molar-refractivity contribution >= 4 is 28.5 Å². The molecule has 164 valence electrons. The zero-order chi connectivity index (χ0) is 22.1. The van der Waals surface area contributed by atoms with E-state index in [1.54, 1.807) is 12.1 Å². The minimum atomic E-state index is -0.564.